The van der Waals surface area contributed by atoms with E-state index in [0.29, 0.717) is 19.4 Å². The molecule has 0 aromatic rings. The third kappa shape index (κ3) is 63.1. The molecule has 0 rings (SSSR count). The molecular formula is C71H135NO5. The van der Waals surface area contributed by atoms with Gasteiger partial charge in [-0.25, -0.2) is 0 Å². The number of esters is 1. The van der Waals surface area contributed by atoms with E-state index in [2.05, 4.69) is 43.5 Å². The average molecular weight is 1080 g/mol. The third-order valence-electron chi connectivity index (χ3n) is 16.2. The van der Waals surface area contributed by atoms with Crippen LogP contribution in [-0.2, 0) is 14.3 Å². The summed E-state index contributed by atoms with van der Waals surface area (Å²) in [6.45, 7) is 4.93. The zero-order valence-electron chi connectivity index (χ0n) is 52.0. The second kappa shape index (κ2) is 66.6. The van der Waals surface area contributed by atoms with Crippen LogP contribution >= 0.6 is 0 Å². The minimum atomic E-state index is -0.852. The highest BCUT2D eigenvalue weighted by Gasteiger charge is 2.18. The second-order valence-corrected chi connectivity index (χ2v) is 23.9. The van der Waals surface area contributed by atoms with E-state index in [1.54, 1.807) is 6.08 Å². The summed E-state index contributed by atoms with van der Waals surface area (Å²) < 4.78 is 5.50. The number of hydrogen-bond donors (Lipinski definition) is 3. The van der Waals surface area contributed by atoms with Crippen molar-refractivity contribution in [3.05, 3.63) is 36.5 Å². The smallest absolute Gasteiger partial charge is 0.305 e. The molecule has 77 heavy (non-hydrogen) atoms. The van der Waals surface area contributed by atoms with E-state index in [1.807, 2.05) is 6.08 Å². The summed E-state index contributed by atoms with van der Waals surface area (Å²) in [6, 6.07) is -0.637. The van der Waals surface area contributed by atoms with E-state index in [1.165, 1.54) is 295 Å². The predicted molar refractivity (Wildman–Crippen MR) is 338 cm³/mol. The molecule has 3 N–H and O–H groups in total. The van der Waals surface area contributed by atoms with Crippen LogP contribution in [0.25, 0.3) is 0 Å². The number of aliphatic hydroxyl groups is 2. The van der Waals surface area contributed by atoms with Gasteiger partial charge in [0.05, 0.1) is 25.4 Å². The van der Waals surface area contributed by atoms with Crippen LogP contribution in [-0.4, -0.2) is 47.4 Å². The summed E-state index contributed by atoms with van der Waals surface area (Å²) >= 11 is 0. The monoisotopic (exact) mass is 1080 g/mol. The van der Waals surface area contributed by atoms with Gasteiger partial charge >= 0.3 is 5.97 Å². The first-order valence-electron chi connectivity index (χ1n) is 34.8. The van der Waals surface area contributed by atoms with Crippen molar-refractivity contribution in [1.82, 2.24) is 5.32 Å². The molecule has 0 bridgehead atoms. The SMILES string of the molecule is CCCCCCCCCCCCCCCCCCCC/C=C/C(O)C(CO)NC(=O)CCCCCCCCC/C=C\C/C=C\CCCCCCCCCCCOC(=O)CCCCCCCCCCCCCCCCCCC. The van der Waals surface area contributed by atoms with Crippen molar-refractivity contribution in [2.45, 2.75) is 392 Å². The molecule has 1 amide bonds. The van der Waals surface area contributed by atoms with E-state index in [0.717, 1.165) is 57.8 Å². The molecule has 454 valence electrons. The first kappa shape index (κ1) is 75.1. The van der Waals surface area contributed by atoms with Gasteiger partial charge in [-0.05, 0) is 64.2 Å². The highest BCUT2D eigenvalue weighted by atomic mass is 16.5. The molecule has 6 heteroatoms. The van der Waals surface area contributed by atoms with Gasteiger partial charge < -0.3 is 20.3 Å². The summed E-state index contributed by atoms with van der Waals surface area (Å²) in [5.74, 6) is -0.0644. The maximum absolute atomic E-state index is 12.5. The Hall–Kier alpha value is -1.92. The van der Waals surface area contributed by atoms with E-state index in [4.69, 9.17) is 4.74 Å². The molecule has 2 unspecified atom stereocenters. The molecule has 0 saturated carbocycles. The summed E-state index contributed by atoms with van der Waals surface area (Å²) in [7, 11) is 0. The molecule has 0 aromatic heterocycles. The Morgan fingerprint density at radius 1 is 0.364 bits per heavy atom. The number of unbranched alkanes of at least 4 members (excludes halogenated alkanes) is 50. The van der Waals surface area contributed by atoms with Crippen LogP contribution in [0, 0.1) is 0 Å². The zero-order chi connectivity index (χ0) is 55.7. The highest BCUT2D eigenvalue weighted by Crippen LogP contribution is 2.18. The Morgan fingerprint density at radius 3 is 0.987 bits per heavy atom. The van der Waals surface area contributed by atoms with Crippen LogP contribution in [0.5, 0.6) is 0 Å². The lowest BCUT2D eigenvalue weighted by atomic mass is 10.0. The summed E-state index contributed by atoms with van der Waals surface area (Å²) in [6.07, 6.45) is 85.0. The van der Waals surface area contributed by atoms with Gasteiger partial charge in [-0.1, -0.05) is 339 Å². The number of rotatable bonds is 65. The van der Waals surface area contributed by atoms with Gasteiger partial charge in [0, 0.05) is 12.8 Å². The molecule has 0 aliphatic carbocycles. The van der Waals surface area contributed by atoms with Gasteiger partial charge in [0.25, 0.3) is 0 Å². The lowest BCUT2D eigenvalue weighted by Gasteiger charge is -2.20. The first-order chi connectivity index (χ1) is 38.0. The largest absolute Gasteiger partial charge is 0.466 e. The Kier molecular flexibility index (Phi) is 64.9. The lowest BCUT2D eigenvalue weighted by molar-refractivity contribution is -0.143. The fourth-order valence-electron chi connectivity index (χ4n) is 10.8. The molecule has 0 spiro atoms. The van der Waals surface area contributed by atoms with E-state index in [-0.39, 0.29) is 18.5 Å². The minimum absolute atomic E-state index is 0.0110. The molecule has 0 aliphatic rings. The minimum Gasteiger partial charge on any atom is -0.466 e. The molecule has 0 radical (unpaired) electrons. The molecular weight excluding hydrogens is 947 g/mol. The third-order valence-corrected chi connectivity index (χ3v) is 16.2. The van der Waals surface area contributed by atoms with E-state index >= 15 is 0 Å². The standard InChI is InChI=1S/C71H135NO5/c1-3-5-7-9-11-13-15-17-19-21-22-28-32-35-39-43-47-51-55-59-63-69(74)68(67-73)72-70(75)64-60-56-52-48-44-40-36-33-29-26-24-23-25-27-30-34-38-42-46-50-54-58-62-66-77-71(76)65-61-57-53-49-45-41-37-31-20-18-16-14-12-10-8-6-4-2/h23,25-26,29,59,63,68-69,73-74H,3-22,24,27-28,30-58,60-62,64-67H2,1-2H3,(H,72,75)/b25-23-,29-26-,63-59+. The van der Waals surface area contributed by atoms with E-state index < -0.39 is 12.1 Å². The maximum Gasteiger partial charge on any atom is 0.305 e. The van der Waals surface area contributed by atoms with Crippen molar-refractivity contribution in [1.29, 1.82) is 0 Å². The Bertz CT molecular complexity index is 1250. The number of nitrogens with one attached hydrogen (secondary N) is 1. The van der Waals surface area contributed by atoms with Gasteiger partial charge in [-0.2, -0.15) is 0 Å². The van der Waals surface area contributed by atoms with Gasteiger partial charge in [0.15, 0.2) is 0 Å². The zero-order valence-corrected chi connectivity index (χ0v) is 52.0. The number of carbonyl (C=O) groups is 2. The van der Waals surface area contributed by atoms with Gasteiger partial charge in [-0.3, -0.25) is 9.59 Å². The van der Waals surface area contributed by atoms with Crippen molar-refractivity contribution in [2.24, 2.45) is 0 Å². The predicted octanol–water partition coefficient (Wildman–Crippen LogP) is 22.3. The van der Waals surface area contributed by atoms with Crippen molar-refractivity contribution in [2.75, 3.05) is 13.2 Å². The van der Waals surface area contributed by atoms with Gasteiger partial charge in [-0.15, -0.1) is 0 Å². The fraction of sp³-hybridized carbons (Fsp3) is 0.887. The van der Waals surface area contributed by atoms with Crippen molar-refractivity contribution in [3.8, 4) is 0 Å². The molecule has 0 fully saturated rings. The van der Waals surface area contributed by atoms with Crippen LogP contribution in [0.3, 0.4) is 0 Å². The van der Waals surface area contributed by atoms with Crippen LogP contribution in [0.1, 0.15) is 380 Å². The Balaban J connectivity index is 3.46. The molecule has 2 atom stereocenters. The van der Waals surface area contributed by atoms with Crippen LogP contribution in [0.2, 0.25) is 0 Å². The fourth-order valence-corrected chi connectivity index (χ4v) is 10.8. The molecule has 6 nitrogen and oxygen atoms in total. The summed E-state index contributed by atoms with van der Waals surface area (Å²) in [5, 5.41) is 23.2. The second-order valence-electron chi connectivity index (χ2n) is 23.9. The topological polar surface area (TPSA) is 95.9 Å². The molecule has 0 heterocycles. The first-order valence-corrected chi connectivity index (χ1v) is 34.8. The number of allylic oxidation sites excluding steroid dienone is 5. The number of aliphatic hydroxyl groups excluding tert-OH is 2. The van der Waals surface area contributed by atoms with Crippen LogP contribution in [0.4, 0.5) is 0 Å². The quantitative estimate of drug-likeness (QED) is 0.0320. The number of hydrogen-bond acceptors (Lipinski definition) is 5. The molecule has 0 aliphatic heterocycles. The lowest BCUT2D eigenvalue weighted by Crippen LogP contribution is -2.45. The number of amides is 1. The molecule has 0 saturated heterocycles. The van der Waals surface area contributed by atoms with Crippen molar-refractivity contribution < 1.29 is 24.5 Å². The average Bonchev–Trinajstić information content (AvgIpc) is 3.43. The number of ether oxygens (including phenoxy) is 1. The normalized spacial score (nSPS) is 12.7. The van der Waals surface area contributed by atoms with Crippen LogP contribution < -0.4 is 5.32 Å². The maximum atomic E-state index is 12.5. The van der Waals surface area contributed by atoms with E-state index in [9.17, 15) is 19.8 Å². The summed E-state index contributed by atoms with van der Waals surface area (Å²) in [5.41, 5.74) is 0. The number of carbonyl (C=O) groups excluding carboxylic acids is 2. The summed E-state index contributed by atoms with van der Waals surface area (Å²) in [4.78, 5) is 24.6. The van der Waals surface area contributed by atoms with Gasteiger partial charge in [0.2, 0.25) is 5.91 Å². The molecule has 0 aromatic carbocycles. The Morgan fingerprint density at radius 2 is 0.649 bits per heavy atom. The van der Waals surface area contributed by atoms with Crippen LogP contribution in [0.15, 0.2) is 36.5 Å². The van der Waals surface area contributed by atoms with Gasteiger partial charge in [0.1, 0.15) is 0 Å². The van der Waals surface area contributed by atoms with Crippen molar-refractivity contribution >= 4 is 11.9 Å². The highest BCUT2D eigenvalue weighted by molar-refractivity contribution is 5.76. The Labute approximate surface area is 481 Å². The van der Waals surface area contributed by atoms with Crippen molar-refractivity contribution in [3.63, 3.8) is 0 Å².